The number of carbonyl (C=O) groups excluding carboxylic acids is 2. The highest BCUT2D eigenvalue weighted by Gasteiger charge is 2.09. The Kier molecular flexibility index (Phi) is 5.61. The molecule has 0 aliphatic carbocycles. The van der Waals surface area contributed by atoms with E-state index >= 15 is 0 Å². The Bertz CT molecular complexity index is 1140. The highest BCUT2D eigenvalue weighted by atomic mass is 16.2. The lowest BCUT2D eigenvalue weighted by atomic mass is 10.1. The monoisotopic (exact) mass is 397 g/mol. The zero-order valence-corrected chi connectivity index (χ0v) is 16.0. The van der Waals surface area contributed by atoms with Crippen LogP contribution in [0.2, 0.25) is 0 Å². The van der Waals surface area contributed by atoms with Crippen molar-refractivity contribution in [1.29, 1.82) is 0 Å². The van der Waals surface area contributed by atoms with E-state index < -0.39 is 0 Å². The molecule has 2 heterocycles. The highest BCUT2D eigenvalue weighted by molar-refractivity contribution is 6.04. The van der Waals surface area contributed by atoms with Crippen LogP contribution in [0.25, 0.3) is 5.69 Å². The smallest absolute Gasteiger partial charge is 0.255 e. The number of hydrogen-bond acceptors (Lipinski definition) is 4. The standard InChI is InChI=1S/C23H19N5O2/c29-22(18-4-6-21(7-5-18)28-13-12-25-16-28)26-15-17-2-1-3-19(14-17)23(30)27-20-8-10-24-11-9-20/h1-14,16H,15H2,(H,26,29)(H,24,27,30). The molecule has 0 bridgehead atoms. The summed E-state index contributed by atoms with van der Waals surface area (Å²) in [5.74, 6) is -0.400. The normalized spacial score (nSPS) is 10.4. The first kappa shape index (κ1) is 19.1. The third-order valence-corrected chi connectivity index (χ3v) is 4.51. The van der Waals surface area contributed by atoms with Gasteiger partial charge in [0.25, 0.3) is 11.8 Å². The van der Waals surface area contributed by atoms with Gasteiger partial charge in [-0.3, -0.25) is 14.6 Å². The fraction of sp³-hybridized carbons (Fsp3) is 0.0435. The summed E-state index contributed by atoms with van der Waals surface area (Å²) in [7, 11) is 0. The van der Waals surface area contributed by atoms with Crippen molar-refractivity contribution < 1.29 is 9.59 Å². The third-order valence-electron chi connectivity index (χ3n) is 4.51. The summed E-state index contributed by atoms with van der Waals surface area (Å²) in [5, 5.41) is 5.71. The molecule has 0 atom stereocenters. The molecule has 0 saturated carbocycles. The van der Waals surface area contributed by atoms with E-state index in [1.54, 1.807) is 67.4 Å². The van der Waals surface area contributed by atoms with Gasteiger partial charge >= 0.3 is 0 Å². The number of rotatable bonds is 6. The van der Waals surface area contributed by atoms with Gasteiger partial charge in [0.05, 0.1) is 6.33 Å². The number of imidazole rings is 1. The van der Waals surface area contributed by atoms with Crippen molar-refractivity contribution >= 4 is 17.5 Å². The molecule has 0 saturated heterocycles. The maximum absolute atomic E-state index is 12.5. The molecule has 148 valence electrons. The van der Waals surface area contributed by atoms with Gasteiger partial charge in [0, 0.05) is 53.8 Å². The minimum atomic E-state index is -0.218. The van der Waals surface area contributed by atoms with Crippen LogP contribution in [0.5, 0.6) is 0 Å². The van der Waals surface area contributed by atoms with E-state index in [9.17, 15) is 9.59 Å². The zero-order valence-electron chi connectivity index (χ0n) is 16.0. The van der Waals surface area contributed by atoms with Crippen molar-refractivity contribution in [3.8, 4) is 5.69 Å². The van der Waals surface area contributed by atoms with Gasteiger partial charge in [0.1, 0.15) is 0 Å². The van der Waals surface area contributed by atoms with Crippen molar-refractivity contribution in [1.82, 2.24) is 19.9 Å². The maximum atomic E-state index is 12.5. The molecule has 30 heavy (non-hydrogen) atoms. The Balaban J connectivity index is 1.37. The second kappa shape index (κ2) is 8.83. The predicted molar refractivity (Wildman–Crippen MR) is 113 cm³/mol. The molecule has 0 fully saturated rings. The number of hydrogen-bond donors (Lipinski definition) is 2. The SMILES string of the molecule is O=C(NCc1cccc(C(=O)Nc2ccncc2)c1)c1ccc(-n2ccnc2)cc1. The molecular formula is C23H19N5O2. The van der Waals surface area contributed by atoms with Crippen LogP contribution >= 0.6 is 0 Å². The molecule has 4 rings (SSSR count). The molecule has 2 aromatic carbocycles. The first-order valence-corrected chi connectivity index (χ1v) is 9.36. The van der Waals surface area contributed by atoms with Crippen LogP contribution in [0.15, 0.2) is 91.8 Å². The van der Waals surface area contributed by atoms with Crippen LogP contribution in [-0.4, -0.2) is 26.3 Å². The number of pyridine rings is 1. The minimum Gasteiger partial charge on any atom is -0.348 e. The van der Waals surface area contributed by atoms with Gasteiger partial charge in [-0.1, -0.05) is 12.1 Å². The number of aromatic nitrogens is 3. The van der Waals surface area contributed by atoms with Crippen molar-refractivity contribution in [3.05, 3.63) is 108 Å². The fourth-order valence-electron chi connectivity index (χ4n) is 2.94. The average molecular weight is 397 g/mol. The topological polar surface area (TPSA) is 88.9 Å². The third kappa shape index (κ3) is 4.59. The molecule has 0 unspecified atom stereocenters. The molecule has 2 aromatic heterocycles. The van der Waals surface area contributed by atoms with E-state index in [0.29, 0.717) is 23.4 Å². The van der Waals surface area contributed by atoms with Crippen LogP contribution < -0.4 is 10.6 Å². The number of nitrogens with one attached hydrogen (secondary N) is 2. The molecule has 4 aromatic rings. The summed E-state index contributed by atoms with van der Waals surface area (Å²) in [6.07, 6.45) is 8.47. The Morgan fingerprint density at radius 3 is 2.37 bits per heavy atom. The van der Waals surface area contributed by atoms with E-state index in [1.165, 1.54) is 0 Å². The van der Waals surface area contributed by atoms with Gasteiger partial charge in [-0.05, 0) is 54.1 Å². The van der Waals surface area contributed by atoms with Crippen molar-refractivity contribution in [3.63, 3.8) is 0 Å². The molecule has 2 amide bonds. The van der Waals surface area contributed by atoms with Crippen LogP contribution in [-0.2, 0) is 6.54 Å². The Morgan fingerprint density at radius 1 is 0.833 bits per heavy atom. The predicted octanol–water partition coefficient (Wildman–Crippen LogP) is 3.45. The number of benzene rings is 2. The van der Waals surface area contributed by atoms with Gasteiger partial charge < -0.3 is 15.2 Å². The molecular weight excluding hydrogens is 378 g/mol. The summed E-state index contributed by atoms with van der Waals surface area (Å²) < 4.78 is 1.87. The molecule has 0 spiro atoms. The van der Waals surface area contributed by atoms with Gasteiger partial charge in [-0.25, -0.2) is 4.98 Å². The lowest BCUT2D eigenvalue weighted by Crippen LogP contribution is -2.23. The van der Waals surface area contributed by atoms with Gasteiger partial charge in [0.2, 0.25) is 0 Å². The Hall–Kier alpha value is -4.26. The first-order chi connectivity index (χ1) is 14.7. The van der Waals surface area contributed by atoms with Crippen molar-refractivity contribution in [2.45, 2.75) is 6.54 Å². The Labute approximate surface area is 173 Å². The van der Waals surface area contributed by atoms with E-state index in [-0.39, 0.29) is 11.8 Å². The summed E-state index contributed by atoms with van der Waals surface area (Å²) in [5.41, 5.74) is 3.51. The second-order valence-corrected chi connectivity index (χ2v) is 6.59. The minimum absolute atomic E-state index is 0.182. The molecule has 0 aliphatic rings. The number of anilines is 1. The molecule has 0 aliphatic heterocycles. The maximum Gasteiger partial charge on any atom is 0.255 e. The Morgan fingerprint density at radius 2 is 1.63 bits per heavy atom. The number of amides is 2. The lowest BCUT2D eigenvalue weighted by Gasteiger charge is -2.09. The molecule has 7 nitrogen and oxygen atoms in total. The van der Waals surface area contributed by atoms with Crippen molar-refractivity contribution in [2.75, 3.05) is 5.32 Å². The summed E-state index contributed by atoms with van der Waals surface area (Å²) in [6, 6.07) is 17.9. The van der Waals surface area contributed by atoms with E-state index in [4.69, 9.17) is 0 Å². The van der Waals surface area contributed by atoms with Crippen LogP contribution in [0, 0.1) is 0 Å². The average Bonchev–Trinajstić information content (AvgIpc) is 3.33. The lowest BCUT2D eigenvalue weighted by molar-refractivity contribution is 0.0950. The largest absolute Gasteiger partial charge is 0.348 e. The van der Waals surface area contributed by atoms with E-state index in [2.05, 4.69) is 20.6 Å². The summed E-state index contributed by atoms with van der Waals surface area (Å²) in [4.78, 5) is 32.8. The number of nitrogens with zero attached hydrogens (tertiary/aromatic N) is 3. The summed E-state index contributed by atoms with van der Waals surface area (Å²) in [6.45, 7) is 0.318. The summed E-state index contributed by atoms with van der Waals surface area (Å²) >= 11 is 0. The fourth-order valence-corrected chi connectivity index (χ4v) is 2.94. The van der Waals surface area contributed by atoms with Crippen molar-refractivity contribution in [2.24, 2.45) is 0 Å². The van der Waals surface area contributed by atoms with E-state index in [1.807, 2.05) is 29.0 Å². The second-order valence-electron chi connectivity index (χ2n) is 6.59. The van der Waals surface area contributed by atoms with Gasteiger partial charge in [-0.15, -0.1) is 0 Å². The molecule has 7 heteroatoms. The molecule has 0 radical (unpaired) electrons. The van der Waals surface area contributed by atoms with Crippen LogP contribution in [0.3, 0.4) is 0 Å². The van der Waals surface area contributed by atoms with Crippen LogP contribution in [0.1, 0.15) is 26.3 Å². The quantitative estimate of drug-likeness (QED) is 0.522. The highest BCUT2D eigenvalue weighted by Crippen LogP contribution is 2.12. The van der Waals surface area contributed by atoms with Gasteiger partial charge in [-0.2, -0.15) is 0 Å². The van der Waals surface area contributed by atoms with Crippen LogP contribution in [0.4, 0.5) is 5.69 Å². The number of carbonyl (C=O) groups is 2. The zero-order chi connectivity index (χ0) is 20.8. The van der Waals surface area contributed by atoms with E-state index in [0.717, 1.165) is 11.3 Å². The van der Waals surface area contributed by atoms with Gasteiger partial charge in [0.15, 0.2) is 0 Å². The molecule has 2 N–H and O–H groups in total. The first-order valence-electron chi connectivity index (χ1n) is 9.36.